The maximum Gasteiger partial charge on any atom is 0.407 e. The average molecular weight is 741 g/mol. The molecule has 6 atom stereocenters. The van der Waals surface area contributed by atoms with E-state index in [1.165, 1.54) is 7.11 Å². The molecule has 0 spiro atoms. The number of carbonyl (C=O) groups excluding carboxylic acids is 3. The van der Waals surface area contributed by atoms with E-state index in [1.807, 2.05) is 52.0 Å². The number of rotatable bonds is 11. The summed E-state index contributed by atoms with van der Waals surface area (Å²) in [6.07, 6.45) is 4.05. The Morgan fingerprint density at radius 2 is 1.35 bits per heavy atom. The number of hydrogen-bond acceptors (Lipinski definition) is 9. The number of carbonyl (C=O) groups is 3. The highest BCUT2D eigenvalue weighted by Crippen LogP contribution is 2.36. The predicted molar refractivity (Wildman–Crippen MR) is 201 cm³/mol. The number of benzene rings is 1. The minimum atomic E-state index is -0.711. The molecule has 288 valence electrons. The van der Waals surface area contributed by atoms with Crippen LogP contribution in [0, 0.1) is 47.4 Å². The van der Waals surface area contributed by atoms with Crippen LogP contribution in [0.2, 0.25) is 0 Å². The van der Waals surface area contributed by atoms with Gasteiger partial charge in [0.1, 0.15) is 29.1 Å². The number of hydrogen-bond donors (Lipinski definition) is 5. The predicted octanol–water partition coefficient (Wildman–Crippen LogP) is 3.32. The number of aliphatic hydroxyl groups is 1. The second-order valence-electron chi connectivity index (χ2n) is 14.8. The summed E-state index contributed by atoms with van der Waals surface area (Å²) < 4.78 is 9.90. The van der Waals surface area contributed by atoms with Gasteiger partial charge in [0, 0.05) is 43.9 Å². The highest BCUT2D eigenvalue weighted by molar-refractivity contribution is 5.86. The van der Waals surface area contributed by atoms with E-state index < -0.39 is 18.2 Å². The second kappa shape index (κ2) is 18.3. The summed E-state index contributed by atoms with van der Waals surface area (Å²) in [6.45, 7) is 11.1. The lowest BCUT2D eigenvalue weighted by Gasteiger charge is -2.30. The van der Waals surface area contributed by atoms with Crippen molar-refractivity contribution in [3.8, 4) is 23.7 Å². The number of aromatic nitrogens is 4. The fourth-order valence-electron chi connectivity index (χ4n) is 7.00. The third-order valence-electron chi connectivity index (χ3n) is 9.88. The number of amides is 3. The molecule has 5 N–H and O–H groups in total. The summed E-state index contributed by atoms with van der Waals surface area (Å²) in [6, 6.07) is 5.89. The molecule has 4 heterocycles. The molecular weight excluding hydrogens is 688 g/mol. The molecule has 14 heteroatoms. The first-order valence-electron chi connectivity index (χ1n) is 18.4. The van der Waals surface area contributed by atoms with Gasteiger partial charge in [-0.1, -0.05) is 46.5 Å². The van der Waals surface area contributed by atoms with E-state index in [2.05, 4.69) is 61.2 Å². The Balaban J connectivity index is 1.23. The molecule has 5 rings (SSSR count). The summed E-state index contributed by atoms with van der Waals surface area (Å²) in [7, 11) is 2.86. The van der Waals surface area contributed by atoms with Gasteiger partial charge in [0.2, 0.25) is 11.8 Å². The first kappa shape index (κ1) is 40.0. The maximum atomic E-state index is 13.6. The maximum absolute atomic E-state index is 13.6. The normalized spacial score (nSPS) is 20.6. The lowest BCUT2D eigenvalue weighted by atomic mass is 10.0. The van der Waals surface area contributed by atoms with Gasteiger partial charge in [-0.15, -0.1) is 0 Å². The van der Waals surface area contributed by atoms with Gasteiger partial charge in [-0.05, 0) is 66.7 Å². The van der Waals surface area contributed by atoms with E-state index in [9.17, 15) is 19.5 Å². The molecule has 3 amide bonds. The molecule has 2 saturated heterocycles. The monoisotopic (exact) mass is 740 g/mol. The molecule has 0 saturated carbocycles. The van der Waals surface area contributed by atoms with E-state index in [0.717, 1.165) is 17.5 Å². The number of methoxy groups -OCH3 is 2. The Morgan fingerprint density at radius 3 is 1.85 bits per heavy atom. The van der Waals surface area contributed by atoms with Gasteiger partial charge in [-0.3, -0.25) is 14.9 Å². The fraction of sp³-hybridized carbons (Fsp3) is 0.525. The van der Waals surface area contributed by atoms with Crippen molar-refractivity contribution in [2.45, 2.75) is 71.6 Å². The van der Waals surface area contributed by atoms with Crippen LogP contribution >= 0.6 is 0 Å². The summed E-state index contributed by atoms with van der Waals surface area (Å²) >= 11 is 0. The lowest BCUT2D eigenvalue weighted by molar-refractivity contribution is -0.136. The Hall–Kier alpha value is -5.15. The number of imidazole rings is 2. The summed E-state index contributed by atoms with van der Waals surface area (Å²) in [5, 5.41) is 15.8. The number of nitrogens with one attached hydrogen (secondary N) is 4. The minimum Gasteiger partial charge on any atom is -0.453 e. The van der Waals surface area contributed by atoms with Crippen LogP contribution in [0.4, 0.5) is 4.79 Å². The number of alkyl carbamates (subject to hydrolysis) is 1. The Kier molecular flexibility index (Phi) is 13.5. The van der Waals surface area contributed by atoms with Crippen molar-refractivity contribution in [1.82, 2.24) is 40.4 Å². The second-order valence-corrected chi connectivity index (χ2v) is 14.8. The number of likely N-dealkylation sites (tertiary alicyclic amines) is 2. The van der Waals surface area contributed by atoms with Crippen LogP contribution in [0.3, 0.4) is 0 Å². The molecule has 54 heavy (non-hydrogen) atoms. The van der Waals surface area contributed by atoms with Crippen molar-refractivity contribution in [1.29, 1.82) is 0 Å². The molecule has 2 aromatic heterocycles. The molecule has 0 bridgehead atoms. The molecule has 2 fully saturated rings. The number of nitrogens with zero attached hydrogens (tertiary/aromatic N) is 4. The van der Waals surface area contributed by atoms with E-state index in [0.29, 0.717) is 42.5 Å². The zero-order valence-corrected chi connectivity index (χ0v) is 32.1. The lowest BCUT2D eigenvalue weighted by Crippen LogP contribution is -2.51. The van der Waals surface area contributed by atoms with E-state index >= 15 is 0 Å². The van der Waals surface area contributed by atoms with Gasteiger partial charge in [-0.2, -0.15) is 0 Å². The third-order valence-corrected chi connectivity index (χ3v) is 9.88. The van der Waals surface area contributed by atoms with Crippen LogP contribution in [-0.2, 0) is 19.1 Å². The number of H-pyrrole nitrogens is 2. The first-order chi connectivity index (χ1) is 25.9. The fourth-order valence-corrected chi connectivity index (χ4v) is 7.00. The van der Waals surface area contributed by atoms with Crippen molar-refractivity contribution in [2.24, 2.45) is 23.7 Å². The molecular formula is C40H52N8O6. The highest BCUT2D eigenvalue weighted by atomic mass is 16.5. The molecule has 6 unspecified atom stereocenters. The van der Waals surface area contributed by atoms with Crippen LogP contribution in [0.5, 0.6) is 0 Å². The van der Waals surface area contributed by atoms with Crippen LogP contribution in [0.1, 0.15) is 93.7 Å². The molecule has 1 aromatic carbocycles. The van der Waals surface area contributed by atoms with Gasteiger partial charge >= 0.3 is 6.09 Å². The van der Waals surface area contributed by atoms with Gasteiger partial charge in [0.05, 0.1) is 44.4 Å². The zero-order valence-electron chi connectivity index (χ0n) is 32.1. The van der Waals surface area contributed by atoms with E-state index in [-0.39, 0.29) is 60.9 Å². The van der Waals surface area contributed by atoms with Crippen molar-refractivity contribution in [3.63, 3.8) is 0 Å². The van der Waals surface area contributed by atoms with Crippen LogP contribution in [0.25, 0.3) is 0 Å². The molecule has 0 aliphatic carbocycles. The molecule has 2 aliphatic heterocycles. The van der Waals surface area contributed by atoms with E-state index in [1.54, 1.807) is 29.3 Å². The Labute approximate surface area is 317 Å². The van der Waals surface area contributed by atoms with E-state index in [4.69, 9.17) is 9.47 Å². The molecule has 0 radical (unpaired) electrons. The van der Waals surface area contributed by atoms with Crippen LogP contribution in [-0.4, -0.2) is 105 Å². The van der Waals surface area contributed by atoms with Crippen LogP contribution in [0.15, 0.2) is 36.7 Å². The van der Waals surface area contributed by atoms with Crippen LogP contribution < -0.4 is 10.6 Å². The molecule has 3 aromatic rings. The molecule has 14 nitrogen and oxygen atoms in total. The van der Waals surface area contributed by atoms with Gasteiger partial charge in [0.25, 0.3) is 0 Å². The number of ether oxygens (including phenoxy) is 2. The van der Waals surface area contributed by atoms with Crippen molar-refractivity contribution >= 4 is 17.9 Å². The van der Waals surface area contributed by atoms with Gasteiger partial charge < -0.3 is 39.7 Å². The SMILES string of the molecule is COCNC(C(=O)N1CC(CO)CC1c1ncc(C#Cc2ccc(C#Cc3cnc(C4CC(C)CN4C(=O)C(NC(=O)OC)C(C)C)[nH]3)cc2)[nH]1)C(C)C. The van der Waals surface area contributed by atoms with Crippen molar-refractivity contribution in [3.05, 3.63) is 70.8 Å². The van der Waals surface area contributed by atoms with Gasteiger partial charge in [-0.25, -0.2) is 14.8 Å². The standard InChI is InChI=1S/C40H52N8O6/c1-24(2)34(43-23-53-6)38(50)48-21-29(22-49)17-33(48)37-42-19-31(45-37)15-13-28-10-8-27(9-11-28)12-14-30-18-41-36(44-30)32-16-26(5)20-47(32)39(51)35(25(3)4)46-40(52)54-7/h8-11,18-19,24-26,29,32-35,43,49H,16-17,20-23H2,1-7H3,(H,41,44)(H,42,45)(H,46,52). The van der Waals surface area contributed by atoms with Crippen molar-refractivity contribution < 1.29 is 29.0 Å². The number of aliphatic hydroxyl groups excluding tert-OH is 1. The Bertz CT molecular complexity index is 1880. The Morgan fingerprint density at radius 1 is 0.833 bits per heavy atom. The average Bonchev–Trinajstić information content (AvgIpc) is 3.98. The van der Waals surface area contributed by atoms with Gasteiger partial charge in [0.15, 0.2) is 0 Å². The third kappa shape index (κ3) is 9.68. The summed E-state index contributed by atoms with van der Waals surface area (Å²) in [5.74, 6) is 13.8. The summed E-state index contributed by atoms with van der Waals surface area (Å²) in [4.78, 5) is 58.4. The topological polar surface area (TPSA) is 178 Å². The largest absolute Gasteiger partial charge is 0.453 e. The quantitative estimate of drug-likeness (QED) is 0.146. The first-order valence-corrected chi connectivity index (χ1v) is 18.4. The molecule has 2 aliphatic rings. The zero-order chi connectivity index (χ0) is 38.9. The van der Waals surface area contributed by atoms with Crippen molar-refractivity contribution in [2.75, 3.05) is 40.6 Å². The highest BCUT2D eigenvalue weighted by Gasteiger charge is 2.41. The minimum absolute atomic E-state index is 0.00657. The number of aromatic amines is 2. The summed E-state index contributed by atoms with van der Waals surface area (Å²) in [5.41, 5.74) is 2.84. The smallest absolute Gasteiger partial charge is 0.407 e.